The fourth-order valence-electron chi connectivity index (χ4n) is 2.98. The van der Waals surface area contributed by atoms with E-state index in [9.17, 15) is 9.59 Å². The molecule has 1 aliphatic heterocycles. The van der Waals surface area contributed by atoms with Gasteiger partial charge in [0.25, 0.3) is 5.91 Å². The number of hydrogen-bond acceptors (Lipinski definition) is 4. The van der Waals surface area contributed by atoms with Gasteiger partial charge in [-0.2, -0.15) is 0 Å². The van der Waals surface area contributed by atoms with Crippen LogP contribution in [-0.4, -0.2) is 24.0 Å². The van der Waals surface area contributed by atoms with Crippen LogP contribution in [0.2, 0.25) is 0 Å². The van der Waals surface area contributed by atoms with E-state index >= 15 is 0 Å². The summed E-state index contributed by atoms with van der Waals surface area (Å²) in [6, 6.07) is 14.7. The highest BCUT2D eigenvalue weighted by molar-refractivity contribution is 9.10. The van der Waals surface area contributed by atoms with Crippen molar-refractivity contribution in [2.45, 2.75) is 19.4 Å². The summed E-state index contributed by atoms with van der Waals surface area (Å²) in [5.74, 6) is -0.784. The number of ether oxygens (including phenoxy) is 1. The average molecular weight is 494 g/mol. The third kappa shape index (κ3) is 3.94. The monoisotopic (exact) mass is 492 g/mol. The number of hydrogen-bond donors (Lipinski definition) is 1. The van der Waals surface area contributed by atoms with Gasteiger partial charge in [-0.25, -0.2) is 4.79 Å². The number of benzene rings is 2. The van der Waals surface area contributed by atoms with E-state index in [-0.39, 0.29) is 12.5 Å². The fraction of sp³-hybridized carbons (Fsp3) is 0.200. The Morgan fingerprint density at radius 2 is 1.81 bits per heavy atom. The highest BCUT2D eigenvalue weighted by atomic mass is 79.9. The van der Waals surface area contributed by atoms with Crippen molar-refractivity contribution in [1.29, 1.82) is 0 Å². The second-order valence-electron chi connectivity index (χ2n) is 6.18. The number of nitrogens with one attached hydrogen (secondary N) is 1. The first kappa shape index (κ1) is 19.6. The van der Waals surface area contributed by atoms with Gasteiger partial charge in [0, 0.05) is 20.3 Å². The lowest BCUT2D eigenvalue weighted by Gasteiger charge is -2.32. The van der Waals surface area contributed by atoms with Crippen LogP contribution in [0, 0.1) is 0 Å². The van der Waals surface area contributed by atoms with E-state index in [0.29, 0.717) is 11.4 Å². The molecular formula is C20H18Br2N2O3. The molecule has 3 rings (SSSR count). The largest absolute Gasteiger partial charge is 0.464 e. The molecule has 1 unspecified atom stereocenters. The van der Waals surface area contributed by atoms with Crippen LogP contribution in [0.5, 0.6) is 0 Å². The molecule has 27 heavy (non-hydrogen) atoms. The van der Waals surface area contributed by atoms with Gasteiger partial charge in [-0.1, -0.05) is 44.0 Å². The molecule has 0 spiro atoms. The Morgan fingerprint density at radius 1 is 1.15 bits per heavy atom. The second-order valence-corrected chi connectivity index (χ2v) is 8.01. The van der Waals surface area contributed by atoms with Crippen molar-refractivity contribution >= 4 is 55.1 Å². The summed E-state index contributed by atoms with van der Waals surface area (Å²) in [7, 11) is 0. The van der Waals surface area contributed by atoms with Gasteiger partial charge in [0.1, 0.15) is 5.70 Å². The van der Waals surface area contributed by atoms with E-state index in [1.807, 2.05) is 36.4 Å². The van der Waals surface area contributed by atoms with Gasteiger partial charge in [-0.3, -0.25) is 9.69 Å². The maximum absolute atomic E-state index is 13.2. The molecule has 0 radical (unpaired) electrons. The summed E-state index contributed by atoms with van der Waals surface area (Å²) in [5.41, 5.74) is 0.421. The predicted molar refractivity (Wildman–Crippen MR) is 113 cm³/mol. The van der Waals surface area contributed by atoms with Crippen LogP contribution in [0.1, 0.15) is 13.8 Å². The number of amides is 1. The Kier molecular flexibility index (Phi) is 5.72. The van der Waals surface area contributed by atoms with Gasteiger partial charge in [0.15, 0.2) is 5.54 Å². The summed E-state index contributed by atoms with van der Waals surface area (Å²) < 4.78 is 6.95. The molecule has 1 aliphatic rings. The van der Waals surface area contributed by atoms with Crippen LogP contribution in [0.4, 0.5) is 11.4 Å². The van der Waals surface area contributed by atoms with E-state index in [1.54, 1.807) is 32.1 Å². The van der Waals surface area contributed by atoms with E-state index in [1.165, 1.54) is 4.90 Å². The predicted octanol–water partition coefficient (Wildman–Crippen LogP) is 4.88. The zero-order valence-electron chi connectivity index (χ0n) is 14.8. The molecule has 7 heteroatoms. The van der Waals surface area contributed by atoms with Crippen molar-refractivity contribution in [2.75, 3.05) is 16.8 Å². The molecule has 0 fully saturated rings. The molecule has 1 heterocycles. The average Bonchev–Trinajstić information content (AvgIpc) is 2.86. The molecule has 0 aromatic heterocycles. The Labute approximate surface area is 174 Å². The molecule has 1 N–H and O–H groups in total. The van der Waals surface area contributed by atoms with Crippen molar-refractivity contribution in [2.24, 2.45) is 0 Å². The molecule has 0 bridgehead atoms. The zero-order valence-corrected chi connectivity index (χ0v) is 18.0. The Bertz CT molecular complexity index is 929. The van der Waals surface area contributed by atoms with Gasteiger partial charge >= 0.3 is 5.97 Å². The topological polar surface area (TPSA) is 58.6 Å². The lowest BCUT2D eigenvalue weighted by atomic mass is 10.0. The minimum absolute atomic E-state index is 0.233. The Balaban J connectivity index is 2.03. The van der Waals surface area contributed by atoms with Crippen LogP contribution in [0.15, 0.2) is 69.2 Å². The standard InChI is InChI=1S/C20H18Br2N2O3/c1-3-27-19(26)20(2)12-17(23-15-8-4-6-13(21)10-15)18(25)24(20)16-9-5-7-14(22)11-16/h4-12,23H,3H2,1-2H3. The number of carbonyl (C=O) groups is 2. The Hall–Kier alpha value is -2.12. The number of anilines is 2. The minimum atomic E-state index is -1.25. The molecule has 140 valence electrons. The van der Waals surface area contributed by atoms with Crippen molar-refractivity contribution in [3.05, 3.63) is 69.2 Å². The quantitative estimate of drug-likeness (QED) is 0.603. The lowest BCUT2D eigenvalue weighted by Crippen LogP contribution is -2.51. The van der Waals surface area contributed by atoms with Gasteiger partial charge in [-0.15, -0.1) is 0 Å². The van der Waals surface area contributed by atoms with Crippen molar-refractivity contribution < 1.29 is 14.3 Å². The summed E-state index contributed by atoms with van der Waals surface area (Å²) in [6.45, 7) is 3.66. The summed E-state index contributed by atoms with van der Waals surface area (Å²) in [5, 5.41) is 3.12. The normalized spacial score (nSPS) is 19.0. The molecule has 1 amide bonds. The molecule has 0 saturated heterocycles. The van der Waals surface area contributed by atoms with E-state index in [0.717, 1.165) is 14.6 Å². The summed E-state index contributed by atoms with van der Waals surface area (Å²) in [4.78, 5) is 27.4. The molecule has 2 aromatic rings. The molecular weight excluding hydrogens is 476 g/mol. The van der Waals surface area contributed by atoms with Crippen LogP contribution in [-0.2, 0) is 14.3 Å². The van der Waals surface area contributed by atoms with E-state index < -0.39 is 11.5 Å². The number of nitrogens with zero attached hydrogens (tertiary/aromatic N) is 1. The van der Waals surface area contributed by atoms with Gasteiger partial charge in [0.2, 0.25) is 0 Å². The smallest absolute Gasteiger partial charge is 0.336 e. The first-order chi connectivity index (χ1) is 12.8. The fourth-order valence-corrected chi connectivity index (χ4v) is 3.76. The number of esters is 1. The first-order valence-electron chi connectivity index (χ1n) is 8.38. The van der Waals surface area contributed by atoms with Gasteiger partial charge < -0.3 is 10.1 Å². The highest BCUT2D eigenvalue weighted by Crippen LogP contribution is 2.36. The molecule has 1 atom stereocenters. The molecule has 5 nitrogen and oxygen atoms in total. The maximum atomic E-state index is 13.2. The molecule has 2 aromatic carbocycles. The first-order valence-corrected chi connectivity index (χ1v) is 9.96. The van der Waals surface area contributed by atoms with Gasteiger partial charge in [-0.05, 0) is 56.3 Å². The van der Waals surface area contributed by atoms with Crippen LogP contribution >= 0.6 is 31.9 Å². The third-order valence-corrected chi connectivity index (χ3v) is 5.17. The number of halogens is 2. The summed E-state index contributed by atoms with van der Waals surface area (Å²) in [6.07, 6.45) is 1.62. The van der Waals surface area contributed by atoms with Crippen LogP contribution in [0.25, 0.3) is 0 Å². The second kappa shape index (κ2) is 7.86. The number of rotatable bonds is 5. The third-order valence-electron chi connectivity index (χ3n) is 4.18. The van der Waals surface area contributed by atoms with E-state index in [2.05, 4.69) is 37.2 Å². The molecule has 0 aliphatic carbocycles. The van der Waals surface area contributed by atoms with Crippen molar-refractivity contribution in [3.8, 4) is 0 Å². The lowest BCUT2D eigenvalue weighted by molar-refractivity contribution is -0.147. The summed E-state index contributed by atoms with van der Waals surface area (Å²) >= 11 is 6.83. The van der Waals surface area contributed by atoms with Gasteiger partial charge in [0.05, 0.1) is 6.61 Å². The highest BCUT2D eigenvalue weighted by Gasteiger charge is 2.49. The van der Waals surface area contributed by atoms with E-state index in [4.69, 9.17) is 4.74 Å². The zero-order chi connectivity index (χ0) is 19.6. The minimum Gasteiger partial charge on any atom is -0.464 e. The van der Waals surface area contributed by atoms with Crippen LogP contribution < -0.4 is 10.2 Å². The van der Waals surface area contributed by atoms with Crippen molar-refractivity contribution in [1.82, 2.24) is 0 Å². The molecule has 0 saturated carbocycles. The van der Waals surface area contributed by atoms with Crippen LogP contribution in [0.3, 0.4) is 0 Å². The maximum Gasteiger partial charge on any atom is 0.336 e. The van der Waals surface area contributed by atoms with Crippen molar-refractivity contribution in [3.63, 3.8) is 0 Å². The number of carbonyl (C=O) groups excluding carboxylic acids is 2. The SMILES string of the molecule is CCOC(=O)C1(C)C=C(Nc2cccc(Br)c2)C(=O)N1c1cccc(Br)c1. The Morgan fingerprint density at radius 3 is 2.44 bits per heavy atom.